The Kier molecular flexibility index (Phi) is 9.39. The molecule has 10 heteroatoms. The third kappa shape index (κ3) is 7.55. The zero-order valence-corrected chi connectivity index (χ0v) is 20.0. The van der Waals surface area contributed by atoms with E-state index in [1.165, 1.54) is 11.3 Å². The highest BCUT2D eigenvalue weighted by atomic mass is 32.1. The number of nitrogens with zero attached hydrogens (tertiary/aromatic N) is 1. The van der Waals surface area contributed by atoms with Crippen molar-refractivity contribution in [1.29, 1.82) is 0 Å². The van der Waals surface area contributed by atoms with Gasteiger partial charge in [-0.3, -0.25) is 14.9 Å². The minimum atomic E-state index is -0.340. The van der Waals surface area contributed by atoms with Crippen LogP contribution in [-0.4, -0.2) is 56.9 Å². The molecule has 3 aromatic rings. The van der Waals surface area contributed by atoms with Crippen LogP contribution in [0, 0.1) is 0 Å². The summed E-state index contributed by atoms with van der Waals surface area (Å²) in [6.45, 7) is 3.11. The lowest BCUT2D eigenvalue weighted by atomic mass is 10.1. The molecule has 180 valence electrons. The highest BCUT2D eigenvalue weighted by molar-refractivity contribution is 7.13. The van der Waals surface area contributed by atoms with Gasteiger partial charge < -0.3 is 24.3 Å². The van der Waals surface area contributed by atoms with Crippen LogP contribution in [0.5, 0.6) is 17.2 Å². The van der Waals surface area contributed by atoms with Crippen molar-refractivity contribution in [1.82, 2.24) is 10.3 Å². The summed E-state index contributed by atoms with van der Waals surface area (Å²) in [6, 6.07) is 11.6. The molecule has 0 spiro atoms. The second-order valence-electron chi connectivity index (χ2n) is 7.24. The second-order valence-corrected chi connectivity index (χ2v) is 8.14. The quantitative estimate of drug-likeness (QED) is 0.374. The van der Waals surface area contributed by atoms with Crippen molar-refractivity contribution in [3.8, 4) is 17.2 Å². The van der Waals surface area contributed by atoms with E-state index in [0.29, 0.717) is 53.3 Å². The molecule has 1 heterocycles. The highest BCUT2D eigenvalue weighted by Gasteiger charge is 2.14. The molecule has 0 aliphatic rings. The fraction of sp³-hybridized carbons (Fsp3) is 0.292. The molecule has 0 radical (unpaired) electrons. The molecule has 3 rings (SSSR count). The summed E-state index contributed by atoms with van der Waals surface area (Å²) in [5.74, 6) is 0.825. The van der Waals surface area contributed by atoms with Gasteiger partial charge in [0, 0.05) is 49.5 Å². The van der Waals surface area contributed by atoms with Crippen molar-refractivity contribution in [3.05, 3.63) is 65.2 Å². The van der Waals surface area contributed by atoms with E-state index in [1.807, 2.05) is 6.92 Å². The van der Waals surface area contributed by atoms with Crippen LogP contribution in [0.2, 0.25) is 0 Å². The van der Waals surface area contributed by atoms with E-state index in [2.05, 4.69) is 15.6 Å². The van der Waals surface area contributed by atoms with Gasteiger partial charge in [-0.2, -0.15) is 0 Å². The smallest absolute Gasteiger partial charge is 0.257 e. The fourth-order valence-electron chi connectivity index (χ4n) is 2.96. The number of amides is 2. The van der Waals surface area contributed by atoms with Crippen molar-refractivity contribution >= 4 is 28.3 Å². The van der Waals surface area contributed by atoms with Gasteiger partial charge in [0.15, 0.2) is 5.13 Å². The number of carbonyl (C=O) groups excluding carboxylic acids is 2. The lowest BCUT2D eigenvalue weighted by molar-refractivity contribution is 0.0916. The topological polar surface area (TPSA) is 108 Å². The predicted molar refractivity (Wildman–Crippen MR) is 129 cm³/mol. The Bertz CT molecular complexity index is 1070. The van der Waals surface area contributed by atoms with Crippen LogP contribution in [-0.2, 0) is 9.47 Å². The van der Waals surface area contributed by atoms with Crippen LogP contribution < -0.4 is 20.1 Å². The highest BCUT2D eigenvalue weighted by Crippen LogP contribution is 2.29. The van der Waals surface area contributed by atoms with Crippen LogP contribution >= 0.6 is 11.3 Å². The van der Waals surface area contributed by atoms with Crippen molar-refractivity contribution in [2.24, 2.45) is 0 Å². The molecule has 0 bridgehead atoms. The first-order valence-corrected chi connectivity index (χ1v) is 11.4. The predicted octanol–water partition coefficient (Wildman–Crippen LogP) is 3.98. The monoisotopic (exact) mass is 485 g/mol. The van der Waals surface area contributed by atoms with Gasteiger partial charge in [-0.05, 0) is 43.3 Å². The SMILES string of the molecule is COCCNC(=O)c1ccc(Oc2cc(OC(C)COC)cc(C(=O)Nc3nccs3)c2)cc1. The van der Waals surface area contributed by atoms with Crippen LogP contribution in [0.3, 0.4) is 0 Å². The maximum Gasteiger partial charge on any atom is 0.257 e. The summed E-state index contributed by atoms with van der Waals surface area (Å²) < 4.78 is 21.9. The summed E-state index contributed by atoms with van der Waals surface area (Å²) in [7, 11) is 3.17. The van der Waals surface area contributed by atoms with Gasteiger partial charge in [0.1, 0.15) is 23.4 Å². The van der Waals surface area contributed by atoms with Crippen LogP contribution in [0.25, 0.3) is 0 Å². The Morgan fingerprint density at radius 1 is 0.971 bits per heavy atom. The van der Waals surface area contributed by atoms with Gasteiger partial charge in [-0.25, -0.2) is 4.98 Å². The molecule has 1 atom stereocenters. The Balaban J connectivity index is 1.77. The van der Waals surface area contributed by atoms with Gasteiger partial charge in [0.05, 0.1) is 13.2 Å². The number of methoxy groups -OCH3 is 2. The van der Waals surface area contributed by atoms with Crippen LogP contribution in [0.15, 0.2) is 54.0 Å². The summed E-state index contributed by atoms with van der Waals surface area (Å²) in [5, 5.41) is 7.78. The molecular formula is C24H27N3O6S. The van der Waals surface area contributed by atoms with Crippen molar-refractivity contribution < 1.29 is 28.5 Å². The van der Waals surface area contributed by atoms with Crippen molar-refractivity contribution in [2.45, 2.75) is 13.0 Å². The Labute approximate surface area is 202 Å². The zero-order chi connectivity index (χ0) is 24.3. The summed E-state index contributed by atoms with van der Waals surface area (Å²) in [6.07, 6.45) is 1.38. The van der Waals surface area contributed by atoms with Gasteiger partial charge in [-0.15, -0.1) is 11.3 Å². The number of benzene rings is 2. The summed E-state index contributed by atoms with van der Waals surface area (Å²) in [4.78, 5) is 29.0. The standard InChI is InChI=1S/C24H27N3O6S/c1-16(15-31-3)32-20-12-18(23(29)27-24-26-9-11-34-24)13-21(14-20)33-19-6-4-17(5-7-19)22(28)25-8-10-30-2/h4-7,9,11-14,16H,8,10,15H2,1-3H3,(H,25,28)(H,26,27,29). The number of rotatable bonds is 12. The van der Waals surface area contributed by atoms with Gasteiger partial charge >= 0.3 is 0 Å². The molecule has 0 saturated heterocycles. The first-order chi connectivity index (χ1) is 16.5. The van der Waals surface area contributed by atoms with Crippen molar-refractivity contribution in [3.63, 3.8) is 0 Å². The number of hydrogen-bond donors (Lipinski definition) is 2. The molecule has 0 fully saturated rings. The van der Waals surface area contributed by atoms with Crippen molar-refractivity contribution in [2.75, 3.05) is 39.3 Å². The number of aromatic nitrogens is 1. The average Bonchev–Trinajstić information content (AvgIpc) is 3.32. The number of nitrogens with one attached hydrogen (secondary N) is 2. The molecule has 2 amide bonds. The van der Waals surface area contributed by atoms with E-state index in [-0.39, 0.29) is 17.9 Å². The van der Waals surface area contributed by atoms with E-state index in [1.54, 1.807) is 68.3 Å². The Hall–Kier alpha value is -3.47. The maximum atomic E-state index is 12.8. The largest absolute Gasteiger partial charge is 0.488 e. The molecule has 2 N–H and O–H groups in total. The first-order valence-electron chi connectivity index (χ1n) is 10.5. The van der Waals surface area contributed by atoms with Crippen LogP contribution in [0.1, 0.15) is 27.6 Å². The molecular weight excluding hydrogens is 458 g/mol. The van der Waals surface area contributed by atoms with E-state index >= 15 is 0 Å². The Morgan fingerprint density at radius 3 is 2.41 bits per heavy atom. The lowest BCUT2D eigenvalue weighted by Gasteiger charge is -2.16. The molecule has 9 nitrogen and oxygen atoms in total. The van der Waals surface area contributed by atoms with Crippen LogP contribution in [0.4, 0.5) is 5.13 Å². The molecule has 0 aliphatic heterocycles. The van der Waals surface area contributed by atoms with Gasteiger partial charge in [0.25, 0.3) is 11.8 Å². The minimum absolute atomic E-state index is 0.202. The number of thiazole rings is 1. The number of ether oxygens (including phenoxy) is 4. The van der Waals surface area contributed by atoms with E-state index in [9.17, 15) is 9.59 Å². The second kappa shape index (κ2) is 12.7. The van der Waals surface area contributed by atoms with E-state index in [0.717, 1.165) is 0 Å². The third-order valence-corrected chi connectivity index (χ3v) is 5.17. The van der Waals surface area contributed by atoms with E-state index < -0.39 is 0 Å². The molecule has 0 aliphatic carbocycles. The molecule has 0 saturated carbocycles. The molecule has 2 aromatic carbocycles. The summed E-state index contributed by atoms with van der Waals surface area (Å²) in [5.41, 5.74) is 0.846. The zero-order valence-electron chi connectivity index (χ0n) is 19.2. The first kappa shape index (κ1) is 25.2. The molecule has 1 unspecified atom stereocenters. The maximum absolute atomic E-state index is 12.8. The third-order valence-electron chi connectivity index (χ3n) is 4.48. The lowest BCUT2D eigenvalue weighted by Crippen LogP contribution is -2.26. The van der Waals surface area contributed by atoms with Gasteiger partial charge in [-0.1, -0.05) is 0 Å². The number of carbonyl (C=O) groups is 2. The minimum Gasteiger partial charge on any atom is -0.488 e. The Morgan fingerprint density at radius 2 is 1.74 bits per heavy atom. The fourth-order valence-corrected chi connectivity index (χ4v) is 3.49. The molecule has 1 aromatic heterocycles. The molecule has 34 heavy (non-hydrogen) atoms. The normalized spacial score (nSPS) is 11.5. The summed E-state index contributed by atoms with van der Waals surface area (Å²) >= 11 is 1.32. The van der Waals surface area contributed by atoms with E-state index in [4.69, 9.17) is 18.9 Å². The number of anilines is 1. The average molecular weight is 486 g/mol. The number of hydrogen-bond acceptors (Lipinski definition) is 8. The van der Waals surface area contributed by atoms with Gasteiger partial charge in [0.2, 0.25) is 0 Å².